The maximum absolute atomic E-state index is 12.1. The van der Waals surface area contributed by atoms with E-state index >= 15 is 0 Å². The van der Waals surface area contributed by atoms with Crippen molar-refractivity contribution in [3.05, 3.63) is 52.9 Å². The molecule has 1 N–H and O–H groups in total. The largest absolute Gasteiger partial charge is 0.361 e. The predicted octanol–water partition coefficient (Wildman–Crippen LogP) is 3.60. The maximum Gasteiger partial charge on any atom is 0.228 e. The van der Waals surface area contributed by atoms with Crippen LogP contribution in [0.5, 0.6) is 0 Å². The van der Waals surface area contributed by atoms with E-state index in [1.54, 1.807) is 17.5 Å². The number of nitrogens with one attached hydrogen (secondary N) is 1. The van der Waals surface area contributed by atoms with Gasteiger partial charge in [-0.25, -0.2) is 4.98 Å². The Morgan fingerprint density at radius 3 is 2.64 bits per heavy atom. The van der Waals surface area contributed by atoms with E-state index in [1.807, 2.05) is 43.5 Å². The zero-order chi connectivity index (χ0) is 15.5. The van der Waals surface area contributed by atoms with Crippen molar-refractivity contribution in [3.63, 3.8) is 0 Å². The van der Waals surface area contributed by atoms with Crippen LogP contribution >= 0.6 is 11.3 Å². The Hall–Kier alpha value is -2.47. The molecule has 2 aromatic heterocycles. The summed E-state index contributed by atoms with van der Waals surface area (Å²) in [4.78, 5) is 16.4. The van der Waals surface area contributed by atoms with Gasteiger partial charge in [0, 0.05) is 28.4 Å². The van der Waals surface area contributed by atoms with Crippen LogP contribution in [-0.2, 0) is 11.2 Å². The number of benzene rings is 1. The molecule has 0 radical (unpaired) electrons. The summed E-state index contributed by atoms with van der Waals surface area (Å²) in [7, 11) is 0. The first-order valence-electron chi connectivity index (χ1n) is 6.85. The Labute approximate surface area is 132 Å². The van der Waals surface area contributed by atoms with Crippen LogP contribution in [0, 0.1) is 13.8 Å². The van der Waals surface area contributed by atoms with Crippen LogP contribution in [0.4, 0.5) is 5.69 Å². The molecule has 0 fully saturated rings. The molecule has 5 nitrogen and oxygen atoms in total. The molecular formula is C16H15N3O2S. The van der Waals surface area contributed by atoms with E-state index in [9.17, 15) is 4.79 Å². The third-order valence-electron chi connectivity index (χ3n) is 3.37. The average molecular weight is 313 g/mol. The molecule has 0 bridgehead atoms. The zero-order valence-electron chi connectivity index (χ0n) is 12.3. The number of thiazole rings is 1. The Balaban J connectivity index is 1.67. The van der Waals surface area contributed by atoms with E-state index < -0.39 is 0 Å². The van der Waals surface area contributed by atoms with Gasteiger partial charge in [0.1, 0.15) is 10.8 Å². The Bertz CT molecular complexity index is 757. The molecule has 0 saturated heterocycles. The SMILES string of the molecule is Cc1noc(C)c1CC(=O)Nc1ccc(-c2nccs2)cc1. The Kier molecular flexibility index (Phi) is 4.02. The van der Waals surface area contributed by atoms with Gasteiger partial charge in [-0.3, -0.25) is 4.79 Å². The van der Waals surface area contributed by atoms with Gasteiger partial charge in [-0.05, 0) is 38.1 Å². The van der Waals surface area contributed by atoms with Gasteiger partial charge in [-0.2, -0.15) is 0 Å². The van der Waals surface area contributed by atoms with E-state index in [1.165, 1.54) is 0 Å². The van der Waals surface area contributed by atoms with Gasteiger partial charge in [-0.1, -0.05) is 5.16 Å². The molecule has 112 valence electrons. The lowest BCUT2D eigenvalue weighted by Gasteiger charge is -2.06. The fourth-order valence-electron chi connectivity index (χ4n) is 2.18. The minimum Gasteiger partial charge on any atom is -0.361 e. The van der Waals surface area contributed by atoms with Crippen LogP contribution in [0.2, 0.25) is 0 Å². The molecule has 0 saturated carbocycles. The van der Waals surface area contributed by atoms with Crippen molar-refractivity contribution >= 4 is 22.9 Å². The van der Waals surface area contributed by atoms with Gasteiger partial charge < -0.3 is 9.84 Å². The standard InChI is InChI=1S/C16H15N3O2S/c1-10-14(11(2)21-19-10)9-15(20)18-13-5-3-12(4-6-13)16-17-7-8-22-16/h3-8H,9H2,1-2H3,(H,18,20). The van der Waals surface area contributed by atoms with E-state index in [4.69, 9.17) is 4.52 Å². The maximum atomic E-state index is 12.1. The molecule has 3 aromatic rings. The molecule has 0 unspecified atom stereocenters. The van der Waals surface area contributed by atoms with Crippen molar-refractivity contribution in [1.82, 2.24) is 10.1 Å². The summed E-state index contributed by atoms with van der Waals surface area (Å²) >= 11 is 1.59. The van der Waals surface area contributed by atoms with Crippen molar-refractivity contribution in [2.24, 2.45) is 0 Å². The van der Waals surface area contributed by atoms with Crippen LogP contribution < -0.4 is 5.32 Å². The molecule has 6 heteroatoms. The van der Waals surface area contributed by atoms with Crippen molar-refractivity contribution in [2.45, 2.75) is 20.3 Å². The minimum atomic E-state index is -0.0867. The first-order valence-corrected chi connectivity index (χ1v) is 7.73. The summed E-state index contributed by atoms with van der Waals surface area (Å²) in [6, 6.07) is 7.65. The van der Waals surface area contributed by atoms with E-state index in [2.05, 4.69) is 15.5 Å². The van der Waals surface area contributed by atoms with Gasteiger partial charge in [0.2, 0.25) is 5.91 Å². The molecule has 0 atom stereocenters. The number of hydrogen-bond acceptors (Lipinski definition) is 5. The number of aromatic nitrogens is 2. The van der Waals surface area contributed by atoms with Crippen molar-refractivity contribution < 1.29 is 9.32 Å². The second kappa shape index (κ2) is 6.11. The molecule has 0 aliphatic heterocycles. The predicted molar refractivity (Wildman–Crippen MR) is 85.9 cm³/mol. The monoisotopic (exact) mass is 313 g/mol. The first kappa shape index (κ1) is 14.5. The fraction of sp³-hybridized carbons (Fsp3) is 0.188. The number of amides is 1. The summed E-state index contributed by atoms with van der Waals surface area (Å²) < 4.78 is 5.07. The molecule has 1 amide bonds. The Morgan fingerprint density at radius 1 is 1.27 bits per heavy atom. The lowest BCUT2D eigenvalue weighted by atomic mass is 10.1. The second-order valence-electron chi connectivity index (χ2n) is 4.94. The summed E-state index contributed by atoms with van der Waals surface area (Å²) in [5.41, 5.74) is 3.40. The highest BCUT2D eigenvalue weighted by atomic mass is 32.1. The van der Waals surface area contributed by atoms with Crippen LogP contribution in [-0.4, -0.2) is 16.0 Å². The molecule has 3 rings (SSSR count). The van der Waals surface area contributed by atoms with Crippen molar-refractivity contribution in [1.29, 1.82) is 0 Å². The molecule has 2 heterocycles. The number of nitrogens with zero attached hydrogens (tertiary/aromatic N) is 2. The summed E-state index contributed by atoms with van der Waals surface area (Å²) in [5, 5.41) is 9.64. The van der Waals surface area contributed by atoms with Gasteiger partial charge in [0.25, 0.3) is 0 Å². The molecular weight excluding hydrogens is 298 g/mol. The second-order valence-corrected chi connectivity index (χ2v) is 5.84. The number of anilines is 1. The normalized spacial score (nSPS) is 10.6. The average Bonchev–Trinajstić information content (AvgIpc) is 3.14. The highest BCUT2D eigenvalue weighted by molar-refractivity contribution is 7.13. The molecule has 1 aromatic carbocycles. The van der Waals surface area contributed by atoms with Crippen LogP contribution in [0.3, 0.4) is 0 Å². The molecule has 0 aliphatic rings. The highest BCUT2D eigenvalue weighted by Crippen LogP contribution is 2.23. The van der Waals surface area contributed by atoms with Gasteiger partial charge in [0.15, 0.2) is 0 Å². The quantitative estimate of drug-likeness (QED) is 0.799. The smallest absolute Gasteiger partial charge is 0.228 e. The summed E-state index contributed by atoms with van der Waals surface area (Å²) in [6.07, 6.45) is 2.04. The van der Waals surface area contributed by atoms with Crippen LogP contribution in [0.1, 0.15) is 17.0 Å². The number of carbonyl (C=O) groups excluding carboxylic acids is 1. The molecule has 22 heavy (non-hydrogen) atoms. The minimum absolute atomic E-state index is 0.0867. The fourth-order valence-corrected chi connectivity index (χ4v) is 2.83. The molecule has 0 aliphatic carbocycles. The highest BCUT2D eigenvalue weighted by Gasteiger charge is 2.13. The molecule has 0 spiro atoms. The van der Waals surface area contributed by atoms with Gasteiger partial charge in [-0.15, -0.1) is 11.3 Å². The van der Waals surface area contributed by atoms with Crippen molar-refractivity contribution in [2.75, 3.05) is 5.32 Å². The van der Waals surface area contributed by atoms with Crippen LogP contribution in [0.15, 0.2) is 40.4 Å². The number of aryl methyl sites for hydroxylation is 2. The lowest BCUT2D eigenvalue weighted by Crippen LogP contribution is -2.15. The van der Waals surface area contributed by atoms with Crippen molar-refractivity contribution in [3.8, 4) is 10.6 Å². The first-order chi connectivity index (χ1) is 10.6. The third kappa shape index (κ3) is 3.07. The third-order valence-corrected chi connectivity index (χ3v) is 4.19. The Morgan fingerprint density at radius 2 is 2.05 bits per heavy atom. The summed E-state index contributed by atoms with van der Waals surface area (Å²) in [6.45, 7) is 3.65. The van der Waals surface area contributed by atoms with E-state index in [-0.39, 0.29) is 12.3 Å². The van der Waals surface area contributed by atoms with Gasteiger partial charge in [0.05, 0.1) is 12.1 Å². The summed E-state index contributed by atoms with van der Waals surface area (Å²) in [5.74, 6) is 0.600. The lowest BCUT2D eigenvalue weighted by molar-refractivity contribution is -0.115. The van der Waals surface area contributed by atoms with E-state index in [0.717, 1.165) is 27.5 Å². The topological polar surface area (TPSA) is 68.0 Å². The number of hydrogen-bond donors (Lipinski definition) is 1. The van der Waals surface area contributed by atoms with E-state index in [0.29, 0.717) is 5.76 Å². The van der Waals surface area contributed by atoms with Crippen LogP contribution in [0.25, 0.3) is 10.6 Å². The van der Waals surface area contributed by atoms with Gasteiger partial charge >= 0.3 is 0 Å². The number of rotatable bonds is 4. The zero-order valence-corrected chi connectivity index (χ0v) is 13.1. The number of carbonyl (C=O) groups is 1.